The molecule has 1 spiro atoms. The predicted octanol–water partition coefficient (Wildman–Crippen LogP) is 0.441. The smallest absolute Gasteiger partial charge is 0.272 e. The number of carbonyl (C=O) groups excluding carboxylic acids is 1. The van der Waals surface area contributed by atoms with Gasteiger partial charge in [0, 0.05) is 31.6 Å². The van der Waals surface area contributed by atoms with Crippen molar-refractivity contribution in [2.24, 2.45) is 5.41 Å². The van der Waals surface area contributed by atoms with Crippen molar-refractivity contribution in [3.63, 3.8) is 0 Å². The SMILES string of the molecule is CCN1CC2(C1)CN(C(=O)c1cccc(N)n1)C2. The van der Waals surface area contributed by atoms with Gasteiger partial charge in [-0.1, -0.05) is 13.0 Å². The van der Waals surface area contributed by atoms with Gasteiger partial charge in [-0.25, -0.2) is 4.98 Å². The molecule has 5 heteroatoms. The maximum atomic E-state index is 12.2. The molecule has 0 unspecified atom stereocenters. The molecule has 2 aliphatic rings. The summed E-state index contributed by atoms with van der Waals surface area (Å²) in [6.45, 7) is 7.24. The van der Waals surface area contributed by atoms with Gasteiger partial charge in [0.2, 0.25) is 0 Å². The molecule has 0 bridgehead atoms. The lowest BCUT2D eigenvalue weighted by Crippen LogP contribution is -2.72. The minimum Gasteiger partial charge on any atom is -0.384 e. The van der Waals surface area contributed by atoms with Crippen molar-refractivity contribution in [1.82, 2.24) is 14.8 Å². The molecule has 1 aromatic heterocycles. The van der Waals surface area contributed by atoms with Gasteiger partial charge in [-0.3, -0.25) is 4.79 Å². The molecular formula is C13H18N4O. The van der Waals surface area contributed by atoms with E-state index in [0.29, 0.717) is 16.9 Å². The third-order valence-electron chi connectivity index (χ3n) is 3.89. The van der Waals surface area contributed by atoms with Gasteiger partial charge in [0.1, 0.15) is 11.5 Å². The van der Waals surface area contributed by atoms with Gasteiger partial charge in [-0.2, -0.15) is 0 Å². The van der Waals surface area contributed by atoms with E-state index >= 15 is 0 Å². The van der Waals surface area contributed by atoms with Crippen LogP contribution in [0.2, 0.25) is 0 Å². The van der Waals surface area contributed by atoms with Crippen LogP contribution in [-0.2, 0) is 0 Å². The molecule has 96 valence electrons. The predicted molar refractivity (Wildman–Crippen MR) is 69.1 cm³/mol. The molecule has 0 aromatic carbocycles. The molecule has 1 amide bonds. The van der Waals surface area contributed by atoms with Crippen LogP contribution >= 0.6 is 0 Å². The summed E-state index contributed by atoms with van der Waals surface area (Å²) >= 11 is 0. The lowest BCUT2D eigenvalue weighted by Gasteiger charge is -2.60. The molecule has 0 aliphatic carbocycles. The van der Waals surface area contributed by atoms with Crippen LogP contribution in [0.1, 0.15) is 17.4 Å². The van der Waals surface area contributed by atoms with Crippen molar-refractivity contribution in [3.8, 4) is 0 Å². The molecule has 1 aromatic rings. The van der Waals surface area contributed by atoms with E-state index in [9.17, 15) is 4.79 Å². The number of anilines is 1. The van der Waals surface area contributed by atoms with E-state index in [4.69, 9.17) is 5.73 Å². The zero-order valence-electron chi connectivity index (χ0n) is 10.6. The third kappa shape index (κ3) is 1.75. The Morgan fingerprint density at radius 1 is 1.39 bits per heavy atom. The quantitative estimate of drug-likeness (QED) is 0.822. The minimum absolute atomic E-state index is 0.00266. The van der Waals surface area contributed by atoms with Gasteiger partial charge in [-0.05, 0) is 18.7 Å². The van der Waals surface area contributed by atoms with Crippen LogP contribution in [0.3, 0.4) is 0 Å². The first-order valence-electron chi connectivity index (χ1n) is 6.36. The molecule has 2 fully saturated rings. The second-order valence-corrected chi connectivity index (χ2v) is 5.41. The summed E-state index contributed by atoms with van der Waals surface area (Å²) in [6, 6.07) is 5.19. The van der Waals surface area contributed by atoms with Crippen LogP contribution in [0.25, 0.3) is 0 Å². The molecule has 0 radical (unpaired) electrons. The highest BCUT2D eigenvalue weighted by atomic mass is 16.2. The van der Waals surface area contributed by atoms with Crippen LogP contribution in [0.15, 0.2) is 18.2 Å². The molecule has 2 aliphatic heterocycles. The first-order chi connectivity index (χ1) is 8.62. The van der Waals surface area contributed by atoms with Crippen molar-refractivity contribution in [3.05, 3.63) is 23.9 Å². The fourth-order valence-corrected chi connectivity index (χ4v) is 2.97. The standard InChI is InChI=1S/C13H18N4O/c1-2-16-6-13(7-16)8-17(9-13)12(18)10-4-3-5-11(14)15-10/h3-5H,2,6-9H2,1H3,(H2,14,15). The van der Waals surface area contributed by atoms with Crippen molar-refractivity contribution in [2.45, 2.75) is 6.92 Å². The number of carbonyl (C=O) groups is 1. The van der Waals surface area contributed by atoms with E-state index in [1.807, 2.05) is 4.90 Å². The molecule has 2 N–H and O–H groups in total. The van der Waals surface area contributed by atoms with E-state index in [0.717, 1.165) is 32.7 Å². The van der Waals surface area contributed by atoms with E-state index in [1.165, 1.54) is 0 Å². The number of nitrogens with zero attached hydrogens (tertiary/aromatic N) is 3. The molecule has 5 nitrogen and oxygen atoms in total. The molecule has 0 saturated carbocycles. The molecule has 18 heavy (non-hydrogen) atoms. The van der Waals surface area contributed by atoms with E-state index in [1.54, 1.807) is 18.2 Å². The Labute approximate surface area is 107 Å². The third-order valence-corrected chi connectivity index (χ3v) is 3.89. The number of amides is 1. The van der Waals surface area contributed by atoms with Crippen molar-refractivity contribution in [2.75, 3.05) is 38.5 Å². The lowest BCUT2D eigenvalue weighted by atomic mass is 9.72. The van der Waals surface area contributed by atoms with Crippen LogP contribution < -0.4 is 5.73 Å². The average Bonchev–Trinajstić information content (AvgIpc) is 2.25. The molecule has 3 heterocycles. The Balaban J connectivity index is 1.61. The fraction of sp³-hybridized carbons (Fsp3) is 0.538. The van der Waals surface area contributed by atoms with Crippen molar-refractivity contribution >= 4 is 11.7 Å². The van der Waals surface area contributed by atoms with Gasteiger partial charge < -0.3 is 15.5 Å². The summed E-state index contributed by atoms with van der Waals surface area (Å²) in [5, 5.41) is 0. The zero-order valence-corrected chi connectivity index (χ0v) is 10.6. The number of rotatable bonds is 2. The lowest BCUT2D eigenvalue weighted by molar-refractivity contribution is -0.0960. The first-order valence-corrected chi connectivity index (χ1v) is 6.36. The first kappa shape index (κ1) is 11.5. The van der Waals surface area contributed by atoms with Crippen LogP contribution in [0, 0.1) is 5.41 Å². The van der Waals surface area contributed by atoms with Crippen molar-refractivity contribution in [1.29, 1.82) is 0 Å². The molecule has 3 rings (SSSR count). The number of nitrogens with two attached hydrogens (primary N) is 1. The van der Waals surface area contributed by atoms with Gasteiger partial charge >= 0.3 is 0 Å². The van der Waals surface area contributed by atoms with Crippen LogP contribution in [0.5, 0.6) is 0 Å². The zero-order chi connectivity index (χ0) is 12.8. The molecular weight excluding hydrogens is 228 g/mol. The average molecular weight is 246 g/mol. The summed E-state index contributed by atoms with van der Waals surface area (Å²) in [6.07, 6.45) is 0. The van der Waals surface area contributed by atoms with Gasteiger partial charge in [0.15, 0.2) is 0 Å². The van der Waals surface area contributed by atoms with E-state index in [2.05, 4.69) is 16.8 Å². The Bertz CT molecular complexity index is 474. The van der Waals surface area contributed by atoms with Crippen LogP contribution in [0.4, 0.5) is 5.82 Å². The van der Waals surface area contributed by atoms with Gasteiger partial charge in [-0.15, -0.1) is 0 Å². The summed E-state index contributed by atoms with van der Waals surface area (Å²) in [7, 11) is 0. The Morgan fingerprint density at radius 2 is 2.11 bits per heavy atom. The minimum atomic E-state index is 0.00266. The summed E-state index contributed by atoms with van der Waals surface area (Å²) in [4.78, 5) is 20.5. The Kier molecular flexibility index (Phi) is 2.52. The maximum Gasteiger partial charge on any atom is 0.272 e. The maximum absolute atomic E-state index is 12.2. The number of likely N-dealkylation sites (tertiary alicyclic amines) is 2. The summed E-state index contributed by atoms with van der Waals surface area (Å²) in [5.74, 6) is 0.403. The highest BCUT2D eigenvalue weighted by molar-refractivity contribution is 5.93. The summed E-state index contributed by atoms with van der Waals surface area (Å²) < 4.78 is 0. The van der Waals surface area contributed by atoms with Gasteiger partial charge in [0.25, 0.3) is 5.91 Å². The van der Waals surface area contributed by atoms with Crippen LogP contribution in [-0.4, -0.2) is 53.4 Å². The van der Waals surface area contributed by atoms with E-state index in [-0.39, 0.29) is 5.91 Å². The number of hydrogen-bond donors (Lipinski definition) is 1. The highest BCUT2D eigenvalue weighted by Gasteiger charge is 2.52. The molecule has 0 atom stereocenters. The van der Waals surface area contributed by atoms with E-state index < -0.39 is 0 Å². The molecule has 2 saturated heterocycles. The number of hydrogen-bond acceptors (Lipinski definition) is 4. The Hall–Kier alpha value is -1.62. The largest absolute Gasteiger partial charge is 0.384 e. The normalized spacial score (nSPS) is 21.5. The number of nitrogen functional groups attached to an aromatic ring is 1. The van der Waals surface area contributed by atoms with Crippen molar-refractivity contribution < 1.29 is 4.79 Å². The highest BCUT2D eigenvalue weighted by Crippen LogP contribution is 2.39. The second-order valence-electron chi connectivity index (χ2n) is 5.41. The topological polar surface area (TPSA) is 62.5 Å². The monoisotopic (exact) mass is 246 g/mol. The fourth-order valence-electron chi connectivity index (χ4n) is 2.97. The summed E-state index contributed by atoms with van der Waals surface area (Å²) in [5.41, 5.74) is 6.42. The second kappa shape index (κ2) is 3.95. The van der Waals surface area contributed by atoms with Gasteiger partial charge in [0.05, 0.1) is 0 Å². The Morgan fingerprint density at radius 3 is 2.72 bits per heavy atom. The number of pyridine rings is 1. The number of aromatic nitrogens is 1.